The molecule has 2 atom stereocenters. The number of nitrogens with one attached hydrogen (secondary N) is 3. The molecule has 0 radical (unpaired) electrons. The van der Waals surface area contributed by atoms with Crippen LogP contribution in [0.25, 0.3) is 11.0 Å². The number of aromatic nitrogens is 3. The summed E-state index contributed by atoms with van der Waals surface area (Å²) in [4.78, 5) is 20.8. The van der Waals surface area contributed by atoms with Crippen molar-refractivity contribution < 1.29 is 0 Å². The van der Waals surface area contributed by atoms with Crippen LogP contribution in [0, 0.1) is 17.4 Å². The van der Waals surface area contributed by atoms with Crippen molar-refractivity contribution in [1.29, 1.82) is 5.53 Å². The number of rotatable bonds is 7. The standard InChI is InChI=1S/C20H28N8/c1-13-8-25-16(11-24-13)10-22-9-14-2-4-15(5-3-14)18(28-21)19-17-6-7-23-20(17)27-12-26-19/h6-8,12,14-16,18,21-22H,2-5,9-11H2,1H3,(H,23,26,27). The highest BCUT2D eigenvalue weighted by Gasteiger charge is 2.30. The summed E-state index contributed by atoms with van der Waals surface area (Å²) in [5.41, 5.74) is 10.5. The van der Waals surface area contributed by atoms with Crippen LogP contribution in [0.3, 0.4) is 0 Å². The molecule has 1 saturated carbocycles. The van der Waals surface area contributed by atoms with Gasteiger partial charge in [-0.3, -0.25) is 9.98 Å². The first kappa shape index (κ1) is 18.9. The van der Waals surface area contributed by atoms with Crippen molar-refractivity contribution in [1.82, 2.24) is 20.3 Å². The first-order valence-electron chi connectivity index (χ1n) is 10.1. The summed E-state index contributed by atoms with van der Waals surface area (Å²) in [6.07, 6.45) is 9.81. The van der Waals surface area contributed by atoms with E-state index in [1.165, 1.54) is 0 Å². The van der Waals surface area contributed by atoms with Crippen LogP contribution in [0.5, 0.6) is 0 Å². The Morgan fingerprint density at radius 3 is 2.86 bits per heavy atom. The Labute approximate surface area is 164 Å². The minimum Gasteiger partial charge on any atom is -0.346 e. The second-order valence-electron chi connectivity index (χ2n) is 7.93. The van der Waals surface area contributed by atoms with Gasteiger partial charge in [-0.1, -0.05) is 0 Å². The molecule has 0 spiro atoms. The quantitative estimate of drug-likeness (QED) is 0.640. The van der Waals surface area contributed by atoms with Gasteiger partial charge >= 0.3 is 0 Å². The number of aliphatic imine (C=N–C) groups is 2. The summed E-state index contributed by atoms with van der Waals surface area (Å²) < 4.78 is 0. The molecule has 1 aliphatic heterocycles. The molecule has 8 nitrogen and oxygen atoms in total. The van der Waals surface area contributed by atoms with Crippen LogP contribution in [0.15, 0.2) is 33.7 Å². The van der Waals surface area contributed by atoms with Crippen molar-refractivity contribution in [3.63, 3.8) is 0 Å². The predicted octanol–water partition coefficient (Wildman–Crippen LogP) is 3.34. The maximum Gasteiger partial charge on any atom is 0.141 e. The van der Waals surface area contributed by atoms with Crippen molar-refractivity contribution in [2.45, 2.75) is 44.7 Å². The van der Waals surface area contributed by atoms with Gasteiger partial charge in [-0.05, 0) is 57.1 Å². The number of hydrogen-bond acceptors (Lipinski definition) is 7. The molecule has 0 aromatic carbocycles. The Hall–Kier alpha value is -2.48. The van der Waals surface area contributed by atoms with E-state index in [1.807, 2.05) is 25.4 Å². The van der Waals surface area contributed by atoms with E-state index >= 15 is 0 Å². The average Bonchev–Trinajstić information content (AvgIpc) is 3.21. The lowest BCUT2D eigenvalue weighted by atomic mass is 9.77. The molecule has 3 heterocycles. The van der Waals surface area contributed by atoms with Gasteiger partial charge in [0.05, 0.1) is 18.3 Å². The van der Waals surface area contributed by atoms with Crippen LogP contribution in [0.2, 0.25) is 0 Å². The Bertz CT molecular complexity index is 862. The zero-order valence-electron chi connectivity index (χ0n) is 16.3. The Morgan fingerprint density at radius 2 is 2.11 bits per heavy atom. The molecule has 0 bridgehead atoms. The molecule has 8 heteroatoms. The normalized spacial score (nSPS) is 26.2. The minimum atomic E-state index is -0.173. The first-order valence-corrected chi connectivity index (χ1v) is 10.1. The van der Waals surface area contributed by atoms with Crippen LogP contribution >= 0.6 is 0 Å². The maximum atomic E-state index is 7.77. The van der Waals surface area contributed by atoms with E-state index in [9.17, 15) is 0 Å². The number of aromatic amines is 1. The fraction of sp³-hybridized carbons (Fsp3) is 0.600. The largest absolute Gasteiger partial charge is 0.346 e. The molecule has 28 heavy (non-hydrogen) atoms. The zero-order valence-corrected chi connectivity index (χ0v) is 16.3. The smallest absolute Gasteiger partial charge is 0.141 e. The highest BCUT2D eigenvalue weighted by atomic mass is 15.0. The summed E-state index contributed by atoms with van der Waals surface area (Å²) >= 11 is 0. The molecule has 0 amide bonds. The first-order chi connectivity index (χ1) is 13.7. The van der Waals surface area contributed by atoms with Gasteiger partial charge in [0.15, 0.2) is 0 Å². The monoisotopic (exact) mass is 380 g/mol. The van der Waals surface area contributed by atoms with Gasteiger partial charge in [0.25, 0.3) is 0 Å². The fourth-order valence-electron chi connectivity index (χ4n) is 4.35. The molecule has 3 N–H and O–H groups in total. The van der Waals surface area contributed by atoms with Crippen LogP contribution in [-0.2, 0) is 0 Å². The Balaban J connectivity index is 1.28. The molecule has 2 aliphatic rings. The van der Waals surface area contributed by atoms with Crippen molar-refractivity contribution >= 4 is 23.0 Å². The van der Waals surface area contributed by atoms with Crippen LogP contribution < -0.4 is 5.32 Å². The summed E-state index contributed by atoms with van der Waals surface area (Å²) in [5.74, 6) is 1.06. The average molecular weight is 381 g/mol. The summed E-state index contributed by atoms with van der Waals surface area (Å²) in [7, 11) is 0. The van der Waals surface area contributed by atoms with Crippen molar-refractivity contribution in [3.8, 4) is 0 Å². The zero-order chi connectivity index (χ0) is 19.3. The van der Waals surface area contributed by atoms with E-state index in [1.54, 1.807) is 6.33 Å². The fourth-order valence-corrected chi connectivity index (χ4v) is 4.35. The second kappa shape index (κ2) is 8.68. The van der Waals surface area contributed by atoms with Gasteiger partial charge in [-0.15, -0.1) is 0 Å². The molecule has 0 saturated heterocycles. The van der Waals surface area contributed by atoms with E-state index < -0.39 is 0 Å². The number of fused-ring (bicyclic) bond motifs is 1. The van der Waals surface area contributed by atoms with E-state index in [-0.39, 0.29) is 12.1 Å². The van der Waals surface area contributed by atoms with E-state index in [0.717, 1.165) is 67.8 Å². The van der Waals surface area contributed by atoms with Crippen LogP contribution in [-0.4, -0.2) is 52.6 Å². The van der Waals surface area contributed by atoms with Gasteiger partial charge in [-0.2, -0.15) is 5.11 Å². The van der Waals surface area contributed by atoms with Gasteiger partial charge in [0, 0.05) is 30.1 Å². The highest BCUT2D eigenvalue weighted by Crippen LogP contribution is 2.39. The number of hydrogen-bond donors (Lipinski definition) is 3. The van der Waals surface area contributed by atoms with Crippen LogP contribution in [0.4, 0.5) is 0 Å². The van der Waals surface area contributed by atoms with Crippen molar-refractivity contribution in [2.75, 3.05) is 19.6 Å². The Morgan fingerprint density at radius 1 is 1.25 bits per heavy atom. The third kappa shape index (κ3) is 4.16. The van der Waals surface area contributed by atoms with E-state index in [0.29, 0.717) is 11.8 Å². The molecule has 1 fully saturated rings. The van der Waals surface area contributed by atoms with Crippen molar-refractivity contribution in [3.05, 3.63) is 24.3 Å². The van der Waals surface area contributed by atoms with E-state index in [2.05, 4.69) is 35.4 Å². The predicted molar refractivity (Wildman–Crippen MR) is 110 cm³/mol. The maximum absolute atomic E-state index is 7.77. The molecular weight excluding hydrogens is 352 g/mol. The third-order valence-corrected chi connectivity index (χ3v) is 5.98. The second-order valence-corrected chi connectivity index (χ2v) is 7.93. The van der Waals surface area contributed by atoms with Gasteiger partial charge in [-0.25, -0.2) is 15.5 Å². The molecule has 4 rings (SSSR count). The molecule has 2 unspecified atom stereocenters. The third-order valence-electron chi connectivity index (χ3n) is 5.98. The topological polar surface area (TPSA) is 115 Å². The van der Waals surface area contributed by atoms with Gasteiger partial charge < -0.3 is 10.3 Å². The molecule has 2 aromatic heterocycles. The summed E-state index contributed by atoms with van der Waals surface area (Å²) in [5, 5.41) is 8.53. The highest BCUT2D eigenvalue weighted by molar-refractivity contribution is 6.29. The Kier molecular flexibility index (Phi) is 5.85. The molecule has 148 valence electrons. The number of H-pyrrole nitrogens is 1. The lowest BCUT2D eigenvalue weighted by Gasteiger charge is -2.31. The summed E-state index contributed by atoms with van der Waals surface area (Å²) in [6, 6.07) is 2.08. The van der Waals surface area contributed by atoms with E-state index in [4.69, 9.17) is 5.53 Å². The molecule has 1 aliphatic carbocycles. The minimum absolute atomic E-state index is 0.173. The SMILES string of the molecule is CC1=NCC(CNCC2CCC(C(N=N)c3ncnc4[nH]ccc34)CC2)N=C1. The number of nitrogens with zero attached hydrogens (tertiary/aromatic N) is 5. The van der Waals surface area contributed by atoms with Crippen LogP contribution in [0.1, 0.15) is 44.3 Å². The van der Waals surface area contributed by atoms with Gasteiger partial charge in [0.2, 0.25) is 0 Å². The molecular formula is C20H28N8. The van der Waals surface area contributed by atoms with Gasteiger partial charge in [0.1, 0.15) is 18.0 Å². The van der Waals surface area contributed by atoms with Crippen molar-refractivity contribution in [2.24, 2.45) is 26.9 Å². The lowest BCUT2D eigenvalue weighted by molar-refractivity contribution is 0.233. The molecule has 2 aromatic rings. The lowest BCUT2D eigenvalue weighted by Crippen LogP contribution is -2.34. The summed E-state index contributed by atoms with van der Waals surface area (Å²) in [6.45, 7) is 4.70.